The molecular weight excluding hydrogens is 253 g/mol. The summed E-state index contributed by atoms with van der Waals surface area (Å²) < 4.78 is 14.8. The van der Waals surface area contributed by atoms with E-state index in [2.05, 4.69) is 5.10 Å². The zero-order chi connectivity index (χ0) is 13.1. The molecule has 0 radical (unpaired) electrons. The van der Waals surface area contributed by atoms with Gasteiger partial charge in [0.05, 0.1) is 17.8 Å². The summed E-state index contributed by atoms with van der Waals surface area (Å²) in [5, 5.41) is 4.36. The van der Waals surface area contributed by atoms with Crippen molar-refractivity contribution < 1.29 is 4.39 Å². The molecule has 2 aromatic rings. The van der Waals surface area contributed by atoms with Crippen LogP contribution in [0.1, 0.15) is 30.5 Å². The molecule has 1 aromatic heterocycles. The number of halogens is 2. The Hall–Kier alpha value is -1.39. The molecule has 5 heteroatoms. The van der Waals surface area contributed by atoms with Gasteiger partial charge in [0.2, 0.25) is 0 Å². The Bertz CT molecular complexity index is 539. The van der Waals surface area contributed by atoms with E-state index >= 15 is 0 Å². The van der Waals surface area contributed by atoms with Gasteiger partial charge in [0, 0.05) is 17.8 Å². The lowest BCUT2D eigenvalue weighted by Crippen LogP contribution is -2.07. The molecule has 18 heavy (non-hydrogen) atoms. The third-order valence-electron chi connectivity index (χ3n) is 2.85. The molecule has 0 spiro atoms. The van der Waals surface area contributed by atoms with Crippen LogP contribution in [0.25, 0.3) is 0 Å². The third-order valence-corrected chi connectivity index (χ3v) is 3.14. The lowest BCUT2D eigenvalue weighted by Gasteiger charge is -2.05. The normalized spacial score (nSPS) is 12.7. The zero-order valence-electron chi connectivity index (χ0n) is 10.1. The molecule has 2 N–H and O–H groups in total. The summed E-state index contributed by atoms with van der Waals surface area (Å²) in [5.41, 5.74) is 7.83. The van der Waals surface area contributed by atoms with E-state index in [1.807, 2.05) is 13.1 Å². The lowest BCUT2D eigenvalue weighted by molar-refractivity contribution is 0.624. The smallest absolute Gasteiger partial charge is 0.141 e. The number of nitrogens with two attached hydrogens (primary N) is 1. The summed E-state index contributed by atoms with van der Waals surface area (Å²) in [6.07, 6.45) is 4.54. The molecule has 0 aliphatic rings. The maximum atomic E-state index is 13.0. The van der Waals surface area contributed by atoms with E-state index in [0.29, 0.717) is 6.54 Å². The molecular formula is C13H15ClFN3. The minimum atomic E-state index is -0.408. The number of nitrogens with zero attached hydrogens (tertiary/aromatic N) is 2. The second kappa shape index (κ2) is 5.50. The molecule has 0 bridgehead atoms. The molecule has 0 amide bonds. The highest BCUT2D eigenvalue weighted by Crippen LogP contribution is 2.17. The Balaban J connectivity index is 2.13. The van der Waals surface area contributed by atoms with Gasteiger partial charge in [-0.3, -0.25) is 4.68 Å². The van der Waals surface area contributed by atoms with Gasteiger partial charge in [0.25, 0.3) is 0 Å². The molecule has 1 heterocycles. The summed E-state index contributed by atoms with van der Waals surface area (Å²) in [7, 11) is 0. The van der Waals surface area contributed by atoms with Crippen LogP contribution < -0.4 is 5.73 Å². The van der Waals surface area contributed by atoms with Crippen LogP contribution >= 0.6 is 11.6 Å². The molecule has 0 fully saturated rings. The van der Waals surface area contributed by atoms with E-state index in [0.717, 1.165) is 17.5 Å². The van der Waals surface area contributed by atoms with Gasteiger partial charge >= 0.3 is 0 Å². The van der Waals surface area contributed by atoms with Gasteiger partial charge in [-0.05, 0) is 24.1 Å². The number of aromatic nitrogens is 2. The van der Waals surface area contributed by atoms with Crippen molar-refractivity contribution >= 4 is 11.6 Å². The van der Waals surface area contributed by atoms with Gasteiger partial charge in [-0.2, -0.15) is 5.10 Å². The van der Waals surface area contributed by atoms with Gasteiger partial charge in [-0.15, -0.1) is 0 Å². The fourth-order valence-corrected chi connectivity index (χ4v) is 1.92. The molecule has 3 nitrogen and oxygen atoms in total. The highest BCUT2D eigenvalue weighted by atomic mass is 35.5. The standard InChI is InChI=1S/C13H15ClFN3/c1-2-13(16)10-6-17-18(8-10)7-9-3-4-12(15)11(14)5-9/h3-6,8,13H,2,7,16H2,1H3. The predicted molar refractivity (Wildman–Crippen MR) is 70.0 cm³/mol. The molecule has 1 unspecified atom stereocenters. The van der Waals surface area contributed by atoms with Crippen LogP contribution in [0, 0.1) is 5.82 Å². The van der Waals surface area contributed by atoms with E-state index in [4.69, 9.17) is 17.3 Å². The van der Waals surface area contributed by atoms with E-state index in [9.17, 15) is 4.39 Å². The molecule has 0 saturated carbocycles. The van der Waals surface area contributed by atoms with Crippen molar-refractivity contribution in [2.24, 2.45) is 5.73 Å². The quantitative estimate of drug-likeness (QED) is 0.925. The molecule has 1 aromatic carbocycles. The van der Waals surface area contributed by atoms with E-state index in [-0.39, 0.29) is 11.1 Å². The SMILES string of the molecule is CCC(N)c1cnn(Cc2ccc(F)c(Cl)c2)c1. The molecule has 0 aliphatic carbocycles. The van der Waals surface area contributed by atoms with Crippen LogP contribution in [0.4, 0.5) is 4.39 Å². The highest BCUT2D eigenvalue weighted by molar-refractivity contribution is 6.30. The Labute approximate surface area is 110 Å². The maximum Gasteiger partial charge on any atom is 0.141 e. The fourth-order valence-electron chi connectivity index (χ4n) is 1.72. The number of hydrogen-bond donors (Lipinski definition) is 1. The van der Waals surface area contributed by atoms with Crippen molar-refractivity contribution in [2.45, 2.75) is 25.9 Å². The van der Waals surface area contributed by atoms with Crippen molar-refractivity contribution in [3.63, 3.8) is 0 Å². The van der Waals surface area contributed by atoms with Crippen LogP contribution in [-0.2, 0) is 6.54 Å². The van der Waals surface area contributed by atoms with Gasteiger partial charge in [0.1, 0.15) is 5.82 Å². The van der Waals surface area contributed by atoms with Gasteiger partial charge in [0.15, 0.2) is 0 Å². The number of benzene rings is 1. The summed E-state index contributed by atoms with van der Waals surface area (Å²) in [6, 6.07) is 4.68. The van der Waals surface area contributed by atoms with Crippen molar-refractivity contribution in [3.05, 3.63) is 52.6 Å². The number of rotatable bonds is 4. The van der Waals surface area contributed by atoms with Gasteiger partial charge in [-0.25, -0.2) is 4.39 Å². The minimum absolute atomic E-state index is 0.00977. The first-order chi connectivity index (χ1) is 8.60. The summed E-state index contributed by atoms with van der Waals surface area (Å²) in [5.74, 6) is -0.408. The highest BCUT2D eigenvalue weighted by Gasteiger charge is 2.07. The maximum absolute atomic E-state index is 13.0. The molecule has 1 atom stereocenters. The first-order valence-electron chi connectivity index (χ1n) is 5.82. The summed E-state index contributed by atoms with van der Waals surface area (Å²) in [6.45, 7) is 2.58. The second-order valence-electron chi connectivity index (χ2n) is 4.23. The van der Waals surface area contributed by atoms with Crippen LogP contribution in [-0.4, -0.2) is 9.78 Å². The Morgan fingerprint density at radius 1 is 1.50 bits per heavy atom. The monoisotopic (exact) mass is 267 g/mol. The van der Waals surface area contributed by atoms with Crippen molar-refractivity contribution in [2.75, 3.05) is 0 Å². The Morgan fingerprint density at radius 2 is 2.28 bits per heavy atom. The van der Waals surface area contributed by atoms with Crippen LogP contribution in [0.15, 0.2) is 30.6 Å². The first-order valence-corrected chi connectivity index (χ1v) is 6.19. The van der Waals surface area contributed by atoms with Crippen molar-refractivity contribution in [1.29, 1.82) is 0 Å². The zero-order valence-corrected chi connectivity index (χ0v) is 10.9. The Morgan fingerprint density at radius 3 is 2.94 bits per heavy atom. The average molecular weight is 268 g/mol. The van der Waals surface area contributed by atoms with Gasteiger partial charge < -0.3 is 5.73 Å². The van der Waals surface area contributed by atoms with E-state index in [1.165, 1.54) is 6.07 Å². The van der Waals surface area contributed by atoms with Gasteiger partial charge in [-0.1, -0.05) is 24.6 Å². The first kappa shape index (κ1) is 13.1. The topological polar surface area (TPSA) is 43.8 Å². The fraction of sp³-hybridized carbons (Fsp3) is 0.308. The third kappa shape index (κ3) is 2.89. The molecule has 96 valence electrons. The Kier molecular flexibility index (Phi) is 3.99. The molecule has 2 rings (SSSR count). The molecule has 0 saturated heterocycles. The lowest BCUT2D eigenvalue weighted by atomic mass is 10.1. The number of hydrogen-bond acceptors (Lipinski definition) is 2. The van der Waals surface area contributed by atoms with Crippen molar-refractivity contribution in [3.8, 4) is 0 Å². The second-order valence-corrected chi connectivity index (χ2v) is 4.64. The van der Waals surface area contributed by atoms with E-state index < -0.39 is 5.82 Å². The van der Waals surface area contributed by atoms with Crippen LogP contribution in [0.3, 0.4) is 0 Å². The summed E-state index contributed by atoms with van der Waals surface area (Å²) >= 11 is 5.73. The summed E-state index contributed by atoms with van der Waals surface area (Å²) in [4.78, 5) is 0. The van der Waals surface area contributed by atoms with Crippen LogP contribution in [0.2, 0.25) is 5.02 Å². The van der Waals surface area contributed by atoms with Crippen LogP contribution in [0.5, 0.6) is 0 Å². The minimum Gasteiger partial charge on any atom is -0.324 e. The largest absolute Gasteiger partial charge is 0.324 e. The van der Waals surface area contributed by atoms with Crippen molar-refractivity contribution in [1.82, 2.24) is 9.78 Å². The average Bonchev–Trinajstić information content (AvgIpc) is 2.81. The van der Waals surface area contributed by atoms with E-state index in [1.54, 1.807) is 23.0 Å². The molecule has 0 aliphatic heterocycles. The predicted octanol–water partition coefficient (Wildman–Crippen LogP) is 3.13.